The van der Waals surface area contributed by atoms with Crippen molar-refractivity contribution in [2.75, 3.05) is 0 Å². The molecule has 2 heterocycles. The van der Waals surface area contributed by atoms with Gasteiger partial charge in [0.15, 0.2) is 11.5 Å². The number of rotatable bonds is 1. The summed E-state index contributed by atoms with van der Waals surface area (Å²) in [5.74, 6) is 0.684. The number of hydrogen-bond acceptors (Lipinski definition) is 3. The van der Waals surface area contributed by atoms with E-state index in [-0.39, 0.29) is 0 Å². The molecule has 58 valence electrons. The molecule has 0 aliphatic heterocycles. The van der Waals surface area contributed by atoms with Gasteiger partial charge in [-0.3, -0.25) is 5.10 Å². The number of aromatic amines is 1. The van der Waals surface area contributed by atoms with E-state index >= 15 is 0 Å². The highest BCUT2D eigenvalue weighted by Crippen LogP contribution is 2.16. The van der Waals surface area contributed by atoms with Gasteiger partial charge in [0, 0.05) is 6.07 Å². The molecule has 0 amide bonds. The molecule has 0 radical (unpaired) electrons. The molecule has 2 aromatic rings. The van der Waals surface area contributed by atoms with Crippen molar-refractivity contribution >= 4 is 0 Å². The predicted octanol–water partition coefficient (Wildman–Crippen LogP) is 1.54. The first-order valence-electron chi connectivity index (χ1n) is 3.39. The molecule has 0 atom stereocenters. The minimum Gasteiger partial charge on any atom is -0.463 e. The summed E-state index contributed by atoms with van der Waals surface area (Å²) in [5, 5.41) is 14.9. The molecule has 0 unspecified atom stereocenters. The van der Waals surface area contributed by atoms with Gasteiger partial charge < -0.3 is 4.42 Å². The van der Waals surface area contributed by atoms with Gasteiger partial charge in [-0.2, -0.15) is 10.4 Å². The Balaban J connectivity index is 2.44. The molecule has 0 aromatic carbocycles. The third kappa shape index (κ3) is 0.974. The van der Waals surface area contributed by atoms with Crippen LogP contribution in [0.4, 0.5) is 0 Å². The maximum atomic E-state index is 8.49. The monoisotopic (exact) mass is 159 g/mol. The second-order valence-electron chi connectivity index (χ2n) is 2.26. The number of H-pyrrole nitrogens is 1. The van der Waals surface area contributed by atoms with Crippen LogP contribution in [0.15, 0.2) is 28.9 Å². The average Bonchev–Trinajstić information content (AvgIpc) is 2.75. The van der Waals surface area contributed by atoms with Crippen molar-refractivity contribution in [3.8, 4) is 17.5 Å². The van der Waals surface area contributed by atoms with E-state index in [1.165, 1.54) is 0 Å². The Morgan fingerprint density at radius 2 is 2.50 bits per heavy atom. The van der Waals surface area contributed by atoms with Gasteiger partial charge in [0.1, 0.15) is 11.8 Å². The van der Waals surface area contributed by atoms with E-state index in [4.69, 9.17) is 9.68 Å². The largest absolute Gasteiger partial charge is 0.463 e. The highest BCUT2D eigenvalue weighted by molar-refractivity contribution is 5.53. The van der Waals surface area contributed by atoms with Crippen molar-refractivity contribution in [3.05, 3.63) is 30.2 Å². The smallest absolute Gasteiger partial charge is 0.163 e. The van der Waals surface area contributed by atoms with Gasteiger partial charge in [0.25, 0.3) is 0 Å². The first-order valence-corrected chi connectivity index (χ1v) is 3.39. The highest BCUT2D eigenvalue weighted by Gasteiger charge is 2.03. The Morgan fingerprint density at radius 1 is 1.58 bits per heavy atom. The summed E-state index contributed by atoms with van der Waals surface area (Å²) in [7, 11) is 0. The van der Waals surface area contributed by atoms with Crippen LogP contribution in [0, 0.1) is 11.3 Å². The van der Waals surface area contributed by atoms with E-state index in [2.05, 4.69) is 10.2 Å². The third-order valence-electron chi connectivity index (χ3n) is 1.48. The lowest BCUT2D eigenvalue weighted by Gasteiger charge is -1.85. The van der Waals surface area contributed by atoms with E-state index in [0.29, 0.717) is 11.5 Å². The van der Waals surface area contributed by atoms with E-state index in [1.54, 1.807) is 24.5 Å². The number of aromatic nitrogens is 2. The van der Waals surface area contributed by atoms with Crippen molar-refractivity contribution in [1.29, 1.82) is 5.26 Å². The SMILES string of the molecule is N#Cc1cc(-c2ccco2)[nH]n1. The van der Waals surface area contributed by atoms with Crippen LogP contribution in [0.5, 0.6) is 0 Å². The molecule has 4 heteroatoms. The van der Waals surface area contributed by atoms with Crippen molar-refractivity contribution in [2.24, 2.45) is 0 Å². The van der Waals surface area contributed by atoms with E-state index in [0.717, 1.165) is 5.69 Å². The van der Waals surface area contributed by atoms with Gasteiger partial charge in [-0.05, 0) is 12.1 Å². The second kappa shape index (κ2) is 2.55. The van der Waals surface area contributed by atoms with Crippen LogP contribution in [-0.2, 0) is 0 Å². The number of hydrogen-bond donors (Lipinski definition) is 1. The zero-order valence-electron chi connectivity index (χ0n) is 6.11. The minimum absolute atomic E-state index is 0.362. The first-order chi connectivity index (χ1) is 5.90. The molecule has 12 heavy (non-hydrogen) atoms. The molecule has 1 N–H and O–H groups in total. The summed E-state index contributed by atoms with van der Waals surface area (Å²) in [6.07, 6.45) is 1.57. The maximum absolute atomic E-state index is 8.49. The van der Waals surface area contributed by atoms with Gasteiger partial charge in [0.05, 0.1) is 6.26 Å². The fourth-order valence-corrected chi connectivity index (χ4v) is 0.937. The zero-order chi connectivity index (χ0) is 8.39. The van der Waals surface area contributed by atoms with Gasteiger partial charge in [-0.1, -0.05) is 0 Å². The molecule has 0 saturated carbocycles. The molecule has 0 bridgehead atoms. The normalized spacial score (nSPS) is 9.58. The zero-order valence-corrected chi connectivity index (χ0v) is 6.11. The van der Waals surface area contributed by atoms with Crippen molar-refractivity contribution < 1.29 is 4.42 Å². The Bertz CT molecular complexity index is 408. The maximum Gasteiger partial charge on any atom is 0.163 e. The summed E-state index contributed by atoms with van der Waals surface area (Å²) in [5.41, 5.74) is 1.08. The Kier molecular flexibility index (Phi) is 1.42. The van der Waals surface area contributed by atoms with Crippen LogP contribution in [0.3, 0.4) is 0 Å². The van der Waals surface area contributed by atoms with Crippen LogP contribution in [-0.4, -0.2) is 10.2 Å². The summed E-state index contributed by atoms with van der Waals surface area (Å²) < 4.78 is 5.10. The van der Waals surface area contributed by atoms with Gasteiger partial charge in [-0.25, -0.2) is 0 Å². The quantitative estimate of drug-likeness (QED) is 0.686. The first kappa shape index (κ1) is 6.68. The Morgan fingerprint density at radius 3 is 3.08 bits per heavy atom. The summed E-state index contributed by atoms with van der Waals surface area (Å²) in [6.45, 7) is 0. The van der Waals surface area contributed by atoms with E-state index < -0.39 is 0 Å². The Labute approximate surface area is 68.4 Å². The van der Waals surface area contributed by atoms with Gasteiger partial charge in [0.2, 0.25) is 0 Å². The number of nitriles is 1. The molecule has 0 fully saturated rings. The topological polar surface area (TPSA) is 65.6 Å². The van der Waals surface area contributed by atoms with Crippen molar-refractivity contribution in [1.82, 2.24) is 10.2 Å². The summed E-state index contributed by atoms with van der Waals surface area (Å²) in [4.78, 5) is 0. The molecule has 0 aliphatic rings. The fourth-order valence-electron chi connectivity index (χ4n) is 0.937. The lowest BCUT2D eigenvalue weighted by atomic mass is 10.3. The van der Waals surface area contributed by atoms with Crippen LogP contribution >= 0.6 is 0 Å². The molecule has 4 nitrogen and oxygen atoms in total. The number of nitrogens with one attached hydrogen (secondary N) is 1. The highest BCUT2D eigenvalue weighted by atomic mass is 16.3. The fraction of sp³-hybridized carbons (Fsp3) is 0. The molecule has 0 aliphatic carbocycles. The molecular weight excluding hydrogens is 154 g/mol. The second-order valence-corrected chi connectivity index (χ2v) is 2.26. The van der Waals surface area contributed by atoms with Crippen LogP contribution in [0.2, 0.25) is 0 Å². The van der Waals surface area contributed by atoms with Gasteiger partial charge >= 0.3 is 0 Å². The summed E-state index contributed by atoms with van der Waals surface area (Å²) in [6, 6.07) is 7.14. The van der Waals surface area contributed by atoms with Crippen molar-refractivity contribution in [2.45, 2.75) is 0 Å². The number of furan rings is 1. The van der Waals surface area contributed by atoms with E-state index in [9.17, 15) is 0 Å². The van der Waals surface area contributed by atoms with Gasteiger partial charge in [-0.15, -0.1) is 0 Å². The van der Waals surface area contributed by atoms with Crippen LogP contribution in [0.25, 0.3) is 11.5 Å². The summed E-state index contributed by atoms with van der Waals surface area (Å²) >= 11 is 0. The van der Waals surface area contributed by atoms with Crippen molar-refractivity contribution in [3.63, 3.8) is 0 Å². The molecule has 2 aromatic heterocycles. The lowest BCUT2D eigenvalue weighted by molar-refractivity contribution is 0.580. The minimum atomic E-state index is 0.362. The van der Waals surface area contributed by atoms with Crippen LogP contribution < -0.4 is 0 Å². The molecule has 2 rings (SSSR count). The molecule has 0 saturated heterocycles. The number of nitrogens with zero attached hydrogens (tertiary/aromatic N) is 2. The lowest BCUT2D eigenvalue weighted by Crippen LogP contribution is -1.72. The Hall–Kier alpha value is -2.02. The standard InChI is InChI=1S/C8H5N3O/c9-5-6-4-7(11-10-6)8-2-1-3-12-8/h1-4H,(H,10,11). The van der Waals surface area contributed by atoms with E-state index in [1.807, 2.05) is 6.07 Å². The average molecular weight is 159 g/mol. The third-order valence-corrected chi connectivity index (χ3v) is 1.48. The molecular formula is C8H5N3O. The molecule has 0 spiro atoms. The van der Waals surface area contributed by atoms with Crippen LogP contribution in [0.1, 0.15) is 5.69 Å². The predicted molar refractivity (Wildman–Crippen MR) is 41.0 cm³/mol.